The third-order valence-corrected chi connectivity index (χ3v) is 10.5. The van der Waals surface area contributed by atoms with Gasteiger partial charge in [-0.25, -0.2) is 0 Å². The maximum absolute atomic E-state index is 12.2. The van der Waals surface area contributed by atoms with E-state index in [0.29, 0.717) is 17.9 Å². The SMILES string of the molecule is O=c1ssc2c1N(CCSc1ccccc1)c1c(ssc1=O)S2. The van der Waals surface area contributed by atoms with Crippen molar-refractivity contribution in [3.05, 3.63) is 49.4 Å². The minimum absolute atomic E-state index is 0.0588. The summed E-state index contributed by atoms with van der Waals surface area (Å²) in [6.07, 6.45) is 0. The Morgan fingerprint density at radius 1 is 0.870 bits per heavy atom. The van der Waals surface area contributed by atoms with Gasteiger partial charge in [0, 0.05) is 17.2 Å². The van der Waals surface area contributed by atoms with E-state index in [2.05, 4.69) is 12.1 Å². The van der Waals surface area contributed by atoms with Gasteiger partial charge in [0.1, 0.15) is 19.8 Å². The van der Waals surface area contributed by atoms with Crippen LogP contribution < -0.4 is 14.4 Å². The Hall–Kier alpha value is -0.580. The fourth-order valence-corrected chi connectivity index (χ4v) is 9.58. The standard InChI is InChI=1S/C14H9NO2S6/c16-11-9-13(22-20-11)19-14-10(12(17)21-23-14)15(9)6-7-18-8-4-2-1-3-5-8/h1-5H,6-7H2. The molecule has 0 N–H and O–H groups in total. The molecule has 4 rings (SSSR count). The maximum Gasteiger partial charge on any atom is 0.267 e. The van der Waals surface area contributed by atoms with Crippen molar-refractivity contribution in [2.45, 2.75) is 13.3 Å². The van der Waals surface area contributed by atoms with E-state index in [-0.39, 0.29) is 9.48 Å². The van der Waals surface area contributed by atoms with E-state index < -0.39 is 0 Å². The fourth-order valence-electron chi connectivity index (χ4n) is 2.24. The van der Waals surface area contributed by atoms with E-state index in [0.717, 1.165) is 14.2 Å². The predicted molar refractivity (Wildman–Crippen MR) is 105 cm³/mol. The van der Waals surface area contributed by atoms with Crippen molar-refractivity contribution in [1.29, 1.82) is 0 Å². The zero-order valence-corrected chi connectivity index (χ0v) is 16.4. The molecule has 0 unspecified atom stereocenters. The number of benzene rings is 1. The quantitative estimate of drug-likeness (QED) is 0.440. The van der Waals surface area contributed by atoms with Crippen molar-refractivity contribution in [3.63, 3.8) is 0 Å². The van der Waals surface area contributed by atoms with Gasteiger partial charge in [-0.15, -0.1) is 11.8 Å². The zero-order chi connectivity index (χ0) is 15.8. The first-order valence-electron chi connectivity index (χ1n) is 6.63. The molecule has 3 nitrogen and oxygen atoms in total. The van der Waals surface area contributed by atoms with Crippen molar-refractivity contribution >= 4 is 76.3 Å². The van der Waals surface area contributed by atoms with Gasteiger partial charge in [-0.3, -0.25) is 9.59 Å². The predicted octanol–water partition coefficient (Wildman–Crippen LogP) is 5.05. The molecule has 1 aromatic carbocycles. The summed E-state index contributed by atoms with van der Waals surface area (Å²) in [5, 5.41) is 0. The van der Waals surface area contributed by atoms with E-state index in [4.69, 9.17) is 0 Å². The number of hydrogen-bond donors (Lipinski definition) is 0. The smallest absolute Gasteiger partial charge is 0.267 e. The van der Waals surface area contributed by atoms with Crippen LogP contribution in [0.4, 0.5) is 11.4 Å². The van der Waals surface area contributed by atoms with Crippen LogP contribution in [0.5, 0.6) is 0 Å². The molecule has 3 heterocycles. The third-order valence-electron chi connectivity index (χ3n) is 3.21. The lowest BCUT2D eigenvalue weighted by Crippen LogP contribution is -2.28. The van der Waals surface area contributed by atoms with E-state index >= 15 is 0 Å². The average Bonchev–Trinajstić information content (AvgIpc) is 3.12. The van der Waals surface area contributed by atoms with E-state index in [9.17, 15) is 9.59 Å². The number of fused-ring (bicyclic) bond motifs is 2. The minimum Gasteiger partial charge on any atom is -0.330 e. The first-order chi connectivity index (χ1) is 11.2. The van der Waals surface area contributed by atoms with Gasteiger partial charge in [0.2, 0.25) is 0 Å². The highest BCUT2D eigenvalue weighted by molar-refractivity contribution is 8.06. The number of nitrogens with zero attached hydrogens (tertiary/aromatic N) is 1. The molecule has 0 bridgehead atoms. The van der Waals surface area contributed by atoms with Crippen LogP contribution in [0.1, 0.15) is 0 Å². The summed E-state index contributed by atoms with van der Waals surface area (Å²) < 4.78 is 2.16. The van der Waals surface area contributed by atoms with Crippen LogP contribution >= 0.6 is 64.9 Å². The lowest BCUT2D eigenvalue weighted by atomic mass is 10.4. The lowest BCUT2D eigenvalue weighted by Gasteiger charge is -2.26. The van der Waals surface area contributed by atoms with Gasteiger partial charge in [-0.1, -0.05) is 50.6 Å². The zero-order valence-electron chi connectivity index (χ0n) is 11.5. The Labute approximate surface area is 155 Å². The van der Waals surface area contributed by atoms with Crippen molar-refractivity contribution in [1.82, 2.24) is 0 Å². The van der Waals surface area contributed by atoms with Crippen LogP contribution in [0.2, 0.25) is 0 Å². The van der Waals surface area contributed by atoms with E-state index in [1.807, 2.05) is 23.1 Å². The van der Waals surface area contributed by atoms with Gasteiger partial charge in [-0.05, 0) is 32.8 Å². The second-order valence-corrected chi connectivity index (χ2v) is 11.5. The van der Waals surface area contributed by atoms with Crippen LogP contribution in [0, 0.1) is 0 Å². The van der Waals surface area contributed by atoms with Crippen molar-refractivity contribution < 1.29 is 0 Å². The van der Waals surface area contributed by atoms with Gasteiger partial charge in [0.25, 0.3) is 9.48 Å². The summed E-state index contributed by atoms with van der Waals surface area (Å²) in [6.45, 7) is 0.664. The molecular formula is C14H9NO2S6. The van der Waals surface area contributed by atoms with E-state index in [1.54, 1.807) is 23.5 Å². The number of rotatable bonds is 4. The van der Waals surface area contributed by atoms with Crippen LogP contribution in [0.25, 0.3) is 0 Å². The topological polar surface area (TPSA) is 37.4 Å². The highest BCUT2D eigenvalue weighted by atomic mass is 32.9. The van der Waals surface area contributed by atoms with Crippen molar-refractivity contribution in [2.24, 2.45) is 0 Å². The third kappa shape index (κ3) is 3.06. The molecule has 0 atom stereocenters. The fraction of sp³-hybridized carbons (Fsp3) is 0.143. The molecule has 0 radical (unpaired) electrons. The van der Waals surface area contributed by atoms with Gasteiger partial charge in [0.15, 0.2) is 0 Å². The first-order valence-corrected chi connectivity index (χ1v) is 12.7. The Balaban J connectivity index is 1.62. The van der Waals surface area contributed by atoms with Crippen LogP contribution in [-0.2, 0) is 0 Å². The van der Waals surface area contributed by atoms with Crippen LogP contribution in [0.15, 0.2) is 53.2 Å². The van der Waals surface area contributed by atoms with Gasteiger partial charge < -0.3 is 4.90 Å². The molecular weight excluding hydrogens is 407 g/mol. The Kier molecular flexibility index (Phi) is 4.66. The molecule has 2 aromatic heterocycles. The molecule has 118 valence electrons. The minimum atomic E-state index is 0.0588. The molecule has 0 amide bonds. The number of anilines is 2. The first kappa shape index (κ1) is 15.9. The highest BCUT2D eigenvalue weighted by Gasteiger charge is 2.31. The van der Waals surface area contributed by atoms with Crippen molar-refractivity contribution in [3.8, 4) is 0 Å². The molecule has 0 aliphatic carbocycles. The second kappa shape index (κ2) is 6.73. The number of hydrogen-bond acceptors (Lipinski definition) is 9. The summed E-state index contributed by atoms with van der Waals surface area (Å²) in [7, 11) is 5.54. The molecule has 3 aromatic rings. The van der Waals surface area contributed by atoms with Gasteiger partial charge in [0.05, 0.1) is 0 Å². The molecule has 1 aliphatic heterocycles. The van der Waals surface area contributed by atoms with Gasteiger partial charge in [-0.2, -0.15) is 0 Å². The lowest BCUT2D eigenvalue weighted by molar-refractivity contribution is 1.00. The average molecular weight is 416 g/mol. The number of thioether (sulfide) groups is 1. The normalized spacial score (nSPS) is 13.0. The van der Waals surface area contributed by atoms with Crippen LogP contribution in [-0.4, -0.2) is 12.3 Å². The summed E-state index contributed by atoms with van der Waals surface area (Å²) >= 11 is 3.31. The molecule has 23 heavy (non-hydrogen) atoms. The highest BCUT2D eigenvalue weighted by Crippen LogP contribution is 2.51. The monoisotopic (exact) mass is 415 g/mol. The summed E-state index contributed by atoms with van der Waals surface area (Å²) in [5.41, 5.74) is 1.41. The maximum atomic E-state index is 12.2. The van der Waals surface area contributed by atoms with Crippen molar-refractivity contribution in [2.75, 3.05) is 17.2 Å². The Bertz CT molecular complexity index is 884. The van der Waals surface area contributed by atoms with Gasteiger partial charge >= 0.3 is 0 Å². The largest absolute Gasteiger partial charge is 0.330 e. The second-order valence-electron chi connectivity index (χ2n) is 4.60. The Morgan fingerprint density at radius 2 is 1.48 bits per heavy atom. The molecule has 0 spiro atoms. The molecule has 0 saturated heterocycles. The van der Waals surface area contributed by atoms with Crippen LogP contribution in [0.3, 0.4) is 0 Å². The summed E-state index contributed by atoms with van der Waals surface area (Å²) in [6, 6.07) is 10.2. The summed E-state index contributed by atoms with van der Waals surface area (Å²) in [5.74, 6) is 0.827. The van der Waals surface area contributed by atoms with E-state index in [1.165, 1.54) is 46.3 Å². The summed E-state index contributed by atoms with van der Waals surface area (Å²) in [4.78, 5) is 27.6. The molecule has 0 fully saturated rings. The molecule has 9 heteroatoms. The molecule has 0 saturated carbocycles. The Morgan fingerprint density at radius 3 is 2.09 bits per heavy atom. The molecule has 1 aliphatic rings.